The van der Waals surface area contributed by atoms with Crippen LogP contribution < -0.4 is 5.73 Å². The third-order valence-electron chi connectivity index (χ3n) is 4.84. The SMILES string of the molecule is Cc1n[nH]c(C)c1CN1CCc2nc(-c3ccc(N)cc3)ncc2C1. The average molecular weight is 334 g/mol. The minimum Gasteiger partial charge on any atom is -0.399 e. The van der Waals surface area contributed by atoms with Gasteiger partial charge in [-0.2, -0.15) is 5.10 Å². The van der Waals surface area contributed by atoms with Crippen molar-refractivity contribution in [2.75, 3.05) is 12.3 Å². The Morgan fingerprint density at radius 3 is 2.72 bits per heavy atom. The molecule has 6 heteroatoms. The summed E-state index contributed by atoms with van der Waals surface area (Å²) >= 11 is 0. The van der Waals surface area contributed by atoms with Crippen LogP contribution in [0.4, 0.5) is 5.69 Å². The molecule has 3 N–H and O–H groups in total. The molecular weight excluding hydrogens is 312 g/mol. The number of nitrogens with zero attached hydrogens (tertiary/aromatic N) is 4. The maximum atomic E-state index is 5.75. The molecule has 1 aliphatic heterocycles. The quantitative estimate of drug-likeness (QED) is 0.719. The third-order valence-corrected chi connectivity index (χ3v) is 4.84. The Balaban J connectivity index is 1.53. The number of nitrogens with two attached hydrogens (primary N) is 1. The van der Waals surface area contributed by atoms with E-state index in [-0.39, 0.29) is 0 Å². The minimum absolute atomic E-state index is 0.752. The lowest BCUT2D eigenvalue weighted by atomic mass is 10.1. The molecule has 128 valence electrons. The van der Waals surface area contributed by atoms with Crippen LogP contribution >= 0.6 is 0 Å². The van der Waals surface area contributed by atoms with E-state index < -0.39 is 0 Å². The van der Waals surface area contributed by atoms with E-state index in [0.717, 1.165) is 60.2 Å². The normalized spacial score (nSPS) is 14.5. The summed E-state index contributed by atoms with van der Waals surface area (Å²) in [5.41, 5.74) is 13.4. The smallest absolute Gasteiger partial charge is 0.159 e. The molecule has 0 aliphatic carbocycles. The summed E-state index contributed by atoms with van der Waals surface area (Å²) in [7, 11) is 0. The molecule has 3 aromatic rings. The van der Waals surface area contributed by atoms with Crippen molar-refractivity contribution in [1.29, 1.82) is 0 Å². The Labute approximate surface area is 147 Å². The van der Waals surface area contributed by atoms with Gasteiger partial charge in [0, 0.05) is 60.3 Å². The first-order valence-electron chi connectivity index (χ1n) is 8.53. The minimum atomic E-state index is 0.752. The number of aromatic amines is 1. The van der Waals surface area contributed by atoms with E-state index in [1.54, 1.807) is 0 Å². The van der Waals surface area contributed by atoms with Crippen LogP contribution in [0.3, 0.4) is 0 Å². The predicted molar refractivity (Wildman–Crippen MR) is 97.8 cm³/mol. The van der Waals surface area contributed by atoms with Crippen molar-refractivity contribution >= 4 is 5.69 Å². The molecule has 2 aromatic heterocycles. The Kier molecular flexibility index (Phi) is 3.97. The van der Waals surface area contributed by atoms with Crippen LogP contribution in [0.15, 0.2) is 30.5 Å². The summed E-state index contributed by atoms with van der Waals surface area (Å²) in [6.45, 7) is 6.91. The molecule has 0 bridgehead atoms. The van der Waals surface area contributed by atoms with Crippen molar-refractivity contribution in [3.05, 3.63) is 58.7 Å². The van der Waals surface area contributed by atoms with E-state index in [9.17, 15) is 0 Å². The molecule has 0 spiro atoms. The lowest BCUT2D eigenvalue weighted by molar-refractivity contribution is 0.242. The first-order chi connectivity index (χ1) is 12.1. The zero-order valence-corrected chi connectivity index (χ0v) is 14.6. The van der Waals surface area contributed by atoms with Crippen molar-refractivity contribution in [2.45, 2.75) is 33.4 Å². The van der Waals surface area contributed by atoms with Crippen molar-refractivity contribution in [3.63, 3.8) is 0 Å². The van der Waals surface area contributed by atoms with Crippen molar-refractivity contribution in [1.82, 2.24) is 25.1 Å². The van der Waals surface area contributed by atoms with Crippen LogP contribution in [0.2, 0.25) is 0 Å². The Hall–Kier alpha value is -2.73. The molecule has 0 unspecified atom stereocenters. The number of nitrogen functional groups attached to an aromatic ring is 1. The number of anilines is 1. The summed E-state index contributed by atoms with van der Waals surface area (Å²) in [4.78, 5) is 11.8. The molecule has 3 heterocycles. The molecule has 0 saturated carbocycles. The number of aromatic nitrogens is 4. The van der Waals surface area contributed by atoms with Gasteiger partial charge in [0.25, 0.3) is 0 Å². The number of rotatable bonds is 3. The molecule has 0 amide bonds. The zero-order valence-electron chi connectivity index (χ0n) is 14.6. The number of nitrogens with one attached hydrogen (secondary N) is 1. The zero-order chi connectivity index (χ0) is 17.4. The number of H-pyrrole nitrogens is 1. The molecule has 4 rings (SSSR count). The summed E-state index contributed by atoms with van der Waals surface area (Å²) in [5, 5.41) is 7.36. The fraction of sp³-hybridized carbons (Fsp3) is 0.316. The van der Waals surface area contributed by atoms with Crippen LogP contribution in [0.25, 0.3) is 11.4 Å². The molecule has 0 radical (unpaired) electrons. The van der Waals surface area contributed by atoms with E-state index in [4.69, 9.17) is 10.7 Å². The largest absolute Gasteiger partial charge is 0.399 e. The molecule has 0 fully saturated rings. The second-order valence-electron chi connectivity index (χ2n) is 6.66. The number of hydrogen-bond donors (Lipinski definition) is 2. The van der Waals surface area contributed by atoms with Crippen molar-refractivity contribution < 1.29 is 0 Å². The number of benzene rings is 1. The van der Waals surface area contributed by atoms with Gasteiger partial charge in [-0.15, -0.1) is 0 Å². The third kappa shape index (κ3) is 3.13. The predicted octanol–water partition coefficient (Wildman–Crippen LogP) is 2.62. The maximum Gasteiger partial charge on any atom is 0.159 e. The van der Waals surface area contributed by atoms with Gasteiger partial charge in [0.1, 0.15) is 0 Å². The Bertz CT molecular complexity index is 877. The van der Waals surface area contributed by atoms with E-state index in [0.29, 0.717) is 0 Å². The van der Waals surface area contributed by atoms with Gasteiger partial charge >= 0.3 is 0 Å². The lowest BCUT2D eigenvalue weighted by Crippen LogP contribution is -2.31. The van der Waals surface area contributed by atoms with Crippen LogP contribution in [0, 0.1) is 13.8 Å². The van der Waals surface area contributed by atoms with Gasteiger partial charge in [0.2, 0.25) is 0 Å². The molecule has 25 heavy (non-hydrogen) atoms. The second-order valence-corrected chi connectivity index (χ2v) is 6.66. The van der Waals surface area contributed by atoms with Gasteiger partial charge in [0.05, 0.1) is 11.4 Å². The van der Waals surface area contributed by atoms with Crippen LogP contribution in [0.1, 0.15) is 28.2 Å². The molecule has 1 aromatic carbocycles. The molecule has 0 saturated heterocycles. The summed E-state index contributed by atoms with van der Waals surface area (Å²) in [5.74, 6) is 0.772. The highest BCUT2D eigenvalue weighted by Crippen LogP contribution is 2.23. The van der Waals surface area contributed by atoms with Crippen LogP contribution in [-0.2, 0) is 19.5 Å². The fourth-order valence-electron chi connectivity index (χ4n) is 3.31. The highest BCUT2D eigenvalue weighted by atomic mass is 15.2. The molecular formula is C19H22N6. The number of hydrogen-bond acceptors (Lipinski definition) is 5. The first kappa shape index (κ1) is 15.8. The summed E-state index contributed by atoms with van der Waals surface area (Å²) in [6, 6.07) is 7.71. The van der Waals surface area contributed by atoms with Gasteiger partial charge < -0.3 is 5.73 Å². The van der Waals surface area contributed by atoms with Gasteiger partial charge in [-0.25, -0.2) is 9.97 Å². The maximum absolute atomic E-state index is 5.75. The van der Waals surface area contributed by atoms with Crippen molar-refractivity contribution in [3.8, 4) is 11.4 Å². The van der Waals surface area contributed by atoms with E-state index in [2.05, 4.69) is 33.9 Å². The monoisotopic (exact) mass is 334 g/mol. The highest BCUT2D eigenvalue weighted by Gasteiger charge is 2.20. The molecule has 1 aliphatic rings. The lowest BCUT2D eigenvalue weighted by Gasteiger charge is -2.28. The number of fused-ring (bicyclic) bond motifs is 1. The van der Waals surface area contributed by atoms with E-state index in [1.165, 1.54) is 11.1 Å². The van der Waals surface area contributed by atoms with Crippen LogP contribution in [0.5, 0.6) is 0 Å². The highest BCUT2D eigenvalue weighted by molar-refractivity contribution is 5.58. The van der Waals surface area contributed by atoms with E-state index >= 15 is 0 Å². The number of aryl methyl sites for hydroxylation is 2. The Morgan fingerprint density at radius 1 is 1.20 bits per heavy atom. The van der Waals surface area contributed by atoms with Gasteiger partial charge in [-0.3, -0.25) is 10.00 Å². The van der Waals surface area contributed by atoms with Crippen LogP contribution in [-0.4, -0.2) is 31.6 Å². The second kappa shape index (κ2) is 6.29. The topological polar surface area (TPSA) is 83.7 Å². The first-order valence-corrected chi connectivity index (χ1v) is 8.53. The van der Waals surface area contributed by atoms with Gasteiger partial charge in [-0.1, -0.05) is 0 Å². The van der Waals surface area contributed by atoms with E-state index in [1.807, 2.05) is 30.5 Å². The standard InChI is InChI=1S/C19H22N6/c1-12-17(13(2)24-23-12)11-25-8-7-18-15(10-25)9-21-19(22-18)14-3-5-16(20)6-4-14/h3-6,9H,7-8,10-11,20H2,1-2H3,(H,23,24). The van der Waals surface area contributed by atoms with Gasteiger partial charge in [-0.05, 0) is 38.1 Å². The Morgan fingerprint density at radius 2 is 2.00 bits per heavy atom. The fourth-order valence-corrected chi connectivity index (χ4v) is 3.31. The molecule has 6 nitrogen and oxygen atoms in total. The van der Waals surface area contributed by atoms with Crippen molar-refractivity contribution in [2.24, 2.45) is 0 Å². The summed E-state index contributed by atoms with van der Waals surface area (Å²) < 4.78 is 0. The van der Waals surface area contributed by atoms with Gasteiger partial charge in [0.15, 0.2) is 5.82 Å². The summed E-state index contributed by atoms with van der Waals surface area (Å²) in [6.07, 6.45) is 2.91. The molecule has 0 atom stereocenters. The average Bonchev–Trinajstić information content (AvgIpc) is 2.94.